The van der Waals surface area contributed by atoms with Gasteiger partial charge in [0.05, 0.1) is 42.7 Å². The van der Waals surface area contributed by atoms with E-state index in [4.69, 9.17) is 14.6 Å². The van der Waals surface area contributed by atoms with Gasteiger partial charge in [-0.1, -0.05) is 6.07 Å². The van der Waals surface area contributed by atoms with Crippen LogP contribution in [0.15, 0.2) is 54.7 Å². The third-order valence-electron chi connectivity index (χ3n) is 10.9. The number of imide groups is 1. The van der Waals surface area contributed by atoms with E-state index in [9.17, 15) is 24.3 Å². The summed E-state index contributed by atoms with van der Waals surface area (Å²) in [5, 5.41) is 22.1. The van der Waals surface area contributed by atoms with E-state index in [0.29, 0.717) is 53.6 Å². The molecule has 5 heterocycles. The Morgan fingerprint density at radius 1 is 1.00 bits per heavy atom. The number of aryl methyl sites for hydroxylation is 1. The Labute approximate surface area is 325 Å². The van der Waals surface area contributed by atoms with Crippen molar-refractivity contribution in [3.05, 3.63) is 77.2 Å². The van der Waals surface area contributed by atoms with E-state index in [2.05, 4.69) is 20.5 Å². The molecule has 7 rings (SSSR count). The van der Waals surface area contributed by atoms with Crippen molar-refractivity contribution in [1.82, 2.24) is 29.9 Å². The molecule has 56 heavy (non-hydrogen) atoms. The third kappa shape index (κ3) is 8.69. The first-order valence-corrected chi connectivity index (χ1v) is 19.3. The van der Waals surface area contributed by atoms with Gasteiger partial charge in [0.25, 0.3) is 11.8 Å². The number of pyridine rings is 1. The van der Waals surface area contributed by atoms with Crippen molar-refractivity contribution in [2.24, 2.45) is 0 Å². The molecule has 0 radical (unpaired) electrons. The molecule has 0 unspecified atom stereocenters. The number of aliphatic hydroxyl groups is 1. The summed E-state index contributed by atoms with van der Waals surface area (Å²) in [6, 6.07) is 13.8. The molecule has 3 N–H and O–H groups in total. The molecule has 0 spiro atoms. The van der Waals surface area contributed by atoms with Gasteiger partial charge < -0.3 is 29.7 Å². The molecule has 0 saturated carbocycles. The van der Waals surface area contributed by atoms with Crippen LogP contribution in [0.3, 0.4) is 0 Å². The normalized spacial score (nSPS) is 17.7. The highest BCUT2D eigenvalue weighted by atomic mass is 16.5. The second kappa shape index (κ2) is 16.4. The average molecular weight is 767 g/mol. The summed E-state index contributed by atoms with van der Waals surface area (Å²) < 4.78 is 13.8. The van der Waals surface area contributed by atoms with Gasteiger partial charge in [0.2, 0.25) is 5.91 Å². The Kier molecular flexibility index (Phi) is 11.4. The molecule has 3 aliphatic rings. The zero-order valence-corrected chi connectivity index (χ0v) is 32.4. The van der Waals surface area contributed by atoms with Gasteiger partial charge >= 0.3 is 6.03 Å². The Morgan fingerprint density at radius 3 is 2.46 bits per heavy atom. The maximum absolute atomic E-state index is 13.5. The maximum Gasteiger partial charge on any atom is 0.328 e. The molecule has 296 valence electrons. The number of amides is 5. The first kappa shape index (κ1) is 38.9. The summed E-state index contributed by atoms with van der Waals surface area (Å²) in [5.74, 6) is -0.329. The number of rotatable bonds is 11. The quantitative estimate of drug-likeness (QED) is 0.196. The van der Waals surface area contributed by atoms with E-state index in [-0.39, 0.29) is 42.8 Å². The number of hydrogen-bond acceptors (Lipinski definition) is 10. The molecule has 0 aliphatic carbocycles. The van der Waals surface area contributed by atoms with Crippen molar-refractivity contribution in [3.63, 3.8) is 0 Å². The molecule has 0 bridgehead atoms. The zero-order chi connectivity index (χ0) is 39.6. The van der Waals surface area contributed by atoms with Crippen molar-refractivity contribution in [2.45, 2.75) is 70.6 Å². The minimum Gasteiger partial charge on any atom is -0.495 e. The molecule has 3 saturated heterocycles. The largest absolute Gasteiger partial charge is 0.495 e. The number of methoxy groups -OCH3 is 1. The van der Waals surface area contributed by atoms with Crippen LogP contribution in [-0.2, 0) is 15.1 Å². The molecule has 5 amide bonds. The predicted octanol–water partition coefficient (Wildman–Crippen LogP) is 4.63. The van der Waals surface area contributed by atoms with Crippen LogP contribution in [0.25, 0.3) is 10.9 Å². The van der Waals surface area contributed by atoms with Gasteiger partial charge in [-0.3, -0.25) is 29.3 Å². The number of nitrogens with zero attached hydrogens (tertiary/aromatic N) is 6. The lowest BCUT2D eigenvalue weighted by atomic mass is 9.95. The van der Waals surface area contributed by atoms with Crippen LogP contribution in [-0.4, -0.2) is 113 Å². The molecule has 0 atom stereocenters. The SMILES string of the molecule is COc1ccc(C(=O)N2CCC(OCCN3CCC(n4cc5cc(NC(=O)c6cccc(C)n6)c(C(C)(C)O)cc5n4)CC3)CC2)cc1N1CCC(=O)NC1=O. The number of carbonyl (C=O) groups is 4. The second-order valence-electron chi connectivity index (χ2n) is 15.3. The number of aromatic nitrogens is 3. The second-order valence-corrected chi connectivity index (χ2v) is 15.3. The number of urea groups is 1. The minimum atomic E-state index is -1.20. The standard InChI is InChI=1S/C41H50N8O7/c1-26-6-5-7-32(42-26)38(51)43-34-22-28-25-49(45-33(28)24-31(34)41(2,3)54)29-10-15-46(16-11-29)20-21-56-30-12-17-47(18-13-30)39(52)27-8-9-36(55-4)35(23-27)48-19-14-37(50)44-40(48)53/h5-9,22-25,29-30,54H,10-21H2,1-4H3,(H,43,51)(H,44,50,53). The fraction of sp³-hybridized carbons (Fsp3) is 0.463. The van der Waals surface area contributed by atoms with Crippen LogP contribution >= 0.6 is 0 Å². The third-order valence-corrected chi connectivity index (χ3v) is 10.9. The highest BCUT2D eigenvalue weighted by molar-refractivity contribution is 6.07. The molecule has 2 aromatic carbocycles. The van der Waals surface area contributed by atoms with Gasteiger partial charge in [0.15, 0.2) is 0 Å². The van der Waals surface area contributed by atoms with E-state index in [1.807, 2.05) is 40.9 Å². The van der Waals surface area contributed by atoms with Gasteiger partial charge in [0, 0.05) is 79.8 Å². The monoisotopic (exact) mass is 766 g/mol. The number of hydrogen-bond donors (Lipinski definition) is 3. The molecule has 15 nitrogen and oxygen atoms in total. The van der Waals surface area contributed by atoms with Gasteiger partial charge in [-0.15, -0.1) is 0 Å². The summed E-state index contributed by atoms with van der Waals surface area (Å²) in [6.07, 6.45) is 5.62. The predicted molar refractivity (Wildman–Crippen MR) is 210 cm³/mol. The van der Waals surface area contributed by atoms with Crippen LogP contribution in [0.1, 0.15) is 84.1 Å². The van der Waals surface area contributed by atoms with Crippen molar-refractivity contribution >= 4 is 46.0 Å². The first-order valence-electron chi connectivity index (χ1n) is 19.3. The van der Waals surface area contributed by atoms with Gasteiger partial charge in [0.1, 0.15) is 11.4 Å². The number of piperidine rings is 2. The lowest BCUT2D eigenvalue weighted by Crippen LogP contribution is -2.49. The highest BCUT2D eigenvalue weighted by Gasteiger charge is 2.30. The molecule has 15 heteroatoms. The Bertz CT molecular complexity index is 2110. The van der Waals surface area contributed by atoms with E-state index in [1.54, 1.807) is 44.2 Å². The van der Waals surface area contributed by atoms with Crippen molar-refractivity contribution in [1.29, 1.82) is 0 Å². The number of benzene rings is 2. The van der Waals surface area contributed by atoms with Crippen molar-refractivity contribution < 1.29 is 33.8 Å². The number of anilines is 2. The van der Waals surface area contributed by atoms with E-state index < -0.39 is 11.6 Å². The lowest BCUT2D eigenvalue weighted by molar-refractivity contribution is -0.120. The molecule has 3 aliphatic heterocycles. The van der Waals surface area contributed by atoms with E-state index in [0.717, 1.165) is 61.9 Å². The number of fused-ring (bicyclic) bond motifs is 1. The zero-order valence-electron chi connectivity index (χ0n) is 32.4. The van der Waals surface area contributed by atoms with Crippen LogP contribution in [0, 0.1) is 6.92 Å². The number of nitrogens with one attached hydrogen (secondary N) is 2. The number of carbonyl (C=O) groups excluding carboxylic acids is 4. The smallest absolute Gasteiger partial charge is 0.328 e. The first-order chi connectivity index (χ1) is 26.9. The van der Waals surface area contributed by atoms with Crippen LogP contribution in [0.4, 0.5) is 16.2 Å². The fourth-order valence-electron chi connectivity index (χ4n) is 7.74. The molecular weight excluding hydrogens is 716 g/mol. The van der Waals surface area contributed by atoms with Crippen LogP contribution in [0.5, 0.6) is 5.75 Å². The summed E-state index contributed by atoms with van der Waals surface area (Å²) in [7, 11) is 1.50. The topological polar surface area (TPSA) is 171 Å². The fourth-order valence-corrected chi connectivity index (χ4v) is 7.74. The molecular formula is C41H50N8O7. The Hall–Kier alpha value is -5.38. The Morgan fingerprint density at radius 2 is 1.77 bits per heavy atom. The van der Waals surface area contributed by atoms with Crippen LogP contribution in [0.2, 0.25) is 0 Å². The van der Waals surface area contributed by atoms with Crippen molar-refractivity contribution in [3.8, 4) is 5.75 Å². The maximum atomic E-state index is 13.5. The number of likely N-dealkylation sites (tertiary alicyclic amines) is 2. The van der Waals surface area contributed by atoms with E-state index >= 15 is 0 Å². The summed E-state index contributed by atoms with van der Waals surface area (Å²) >= 11 is 0. The highest BCUT2D eigenvalue weighted by Crippen LogP contribution is 2.34. The summed E-state index contributed by atoms with van der Waals surface area (Å²) in [6.45, 7) is 9.85. The van der Waals surface area contributed by atoms with E-state index in [1.165, 1.54) is 12.0 Å². The molecule has 4 aromatic rings. The van der Waals surface area contributed by atoms with Gasteiger partial charge in [-0.2, -0.15) is 5.10 Å². The van der Waals surface area contributed by atoms with Gasteiger partial charge in [-0.05, 0) is 88.9 Å². The molecule has 3 fully saturated rings. The average Bonchev–Trinajstić information content (AvgIpc) is 3.60. The summed E-state index contributed by atoms with van der Waals surface area (Å²) in [4.78, 5) is 60.7. The van der Waals surface area contributed by atoms with Gasteiger partial charge in [-0.25, -0.2) is 9.78 Å². The lowest BCUT2D eigenvalue weighted by Gasteiger charge is -2.34. The Balaban J connectivity index is 0.882. The van der Waals surface area contributed by atoms with Crippen molar-refractivity contribution in [2.75, 3.05) is 63.2 Å². The van der Waals surface area contributed by atoms with Crippen LogP contribution < -0.4 is 20.3 Å². The summed E-state index contributed by atoms with van der Waals surface area (Å²) in [5.41, 5.74) is 2.64. The minimum absolute atomic E-state index is 0.0747. The number of ether oxygens (including phenoxy) is 2. The molecule has 2 aromatic heterocycles.